The summed E-state index contributed by atoms with van der Waals surface area (Å²) in [6, 6.07) is 23.9. The first-order chi connectivity index (χ1) is 14.5. The highest BCUT2D eigenvalue weighted by Gasteiger charge is 2.22. The predicted molar refractivity (Wildman–Crippen MR) is 116 cm³/mol. The standard InChI is InChI=1S/C24H23N3O3/c1-17-12-13-21(28)20(14-17)15-26-27-22(29)16-25-24(30)23(18-8-4-2-5-9-18)19-10-6-3-7-11-19/h2-15,23,28H,16H2,1H3,(H,25,30)(H,27,29). The second kappa shape index (κ2) is 10.0. The van der Waals surface area contributed by atoms with Gasteiger partial charge >= 0.3 is 0 Å². The summed E-state index contributed by atoms with van der Waals surface area (Å²) in [7, 11) is 0. The highest BCUT2D eigenvalue weighted by atomic mass is 16.3. The normalized spacial score (nSPS) is 10.9. The third kappa shape index (κ3) is 5.54. The van der Waals surface area contributed by atoms with Crippen molar-refractivity contribution >= 4 is 18.0 Å². The number of nitrogens with zero attached hydrogens (tertiary/aromatic N) is 1. The SMILES string of the molecule is Cc1ccc(O)c(C=NNC(=O)CNC(=O)C(c2ccccc2)c2ccccc2)c1. The average molecular weight is 401 g/mol. The predicted octanol–water partition coefficient (Wildman–Crippen LogP) is 3.10. The van der Waals surface area contributed by atoms with E-state index in [1.165, 1.54) is 6.21 Å². The van der Waals surface area contributed by atoms with Crippen LogP contribution in [0, 0.1) is 6.92 Å². The topological polar surface area (TPSA) is 90.8 Å². The van der Waals surface area contributed by atoms with E-state index < -0.39 is 11.8 Å². The molecule has 0 aliphatic heterocycles. The number of carbonyl (C=O) groups is 2. The Morgan fingerprint density at radius 3 is 2.17 bits per heavy atom. The number of benzene rings is 3. The van der Waals surface area contributed by atoms with Crippen molar-refractivity contribution in [1.82, 2.24) is 10.7 Å². The second-order valence-corrected chi connectivity index (χ2v) is 6.83. The first-order valence-electron chi connectivity index (χ1n) is 9.53. The molecule has 0 aromatic heterocycles. The maximum absolute atomic E-state index is 12.9. The van der Waals surface area contributed by atoms with E-state index in [0.29, 0.717) is 5.56 Å². The maximum Gasteiger partial charge on any atom is 0.259 e. The highest BCUT2D eigenvalue weighted by Crippen LogP contribution is 2.24. The summed E-state index contributed by atoms with van der Waals surface area (Å²) < 4.78 is 0. The van der Waals surface area contributed by atoms with Crippen LogP contribution >= 0.6 is 0 Å². The van der Waals surface area contributed by atoms with Crippen molar-refractivity contribution in [1.29, 1.82) is 0 Å². The Morgan fingerprint density at radius 1 is 0.967 bits per heavy atom. The molecule has 0 radical (unpaired) electrons. The van der Waals surface area contributed by atoms with Gasteiger partial charge < -0.3 is 10.4 Å². The van der Waals surface area contributed by atoms with E-state index in [2.05, 4.69) is 15.8 Å². The van der Waals surface area contributed by atoms with Gasteiger partial charge in [0.25, 0.3) is 5.91 Å². The first kappa shape index (κ1) is 20.8. The summed E-state index contributed by atoms with van der Waals surface area (Å²) in [4.78, 5) is 24.9. The lowest BCUT2D eigenvalue weighted by Gasteiger charge is -2.17. The van der Waals surface area contributed by atoms with Gasteiger partial charge in [0.2, 0.25) is 5.91 Å². The summed E-state index contributed by atoms with van der Waals surface area (Å²) in [5.41, 5.74) is 5.49. The zero-order chi connectivity index (χ0) is 21.3. The minimum atomic E-state index is -0.520. The fraction of sp³-hybridized carbons (Fsp3) is 0.125. The van der Waals surface area contributed by atoms with Crippen molar-refractivity contribution in [3.05, 3.63) is 101 Å². The molecule has 6 heteroatoms. The number of phenols is 1. The molecule has 3 rings (SSSR count). The largest absolute Gasteiger partial charge is 0.507 e. The minimum Gasteiger partial charge on any atom is -0.507 e. The molecule has 0 heterocycles. The van der Waals surface area contributed by atoms with Gasteiger partial charge in [-0.1, -0.05) is 72.3 Å². The Balaban J connectivity index is 1.62. The fourth-order valence-corrected chi connectivity index (χ4v) is 3.05. The smallest absolute Gasteiger partial charge is 0.259 e. The van der Waals surface area contributed by atoms with Crippen LogP contribution in [-0.2, 0) is 9.59 Å². The van der Waals surface area contributed by atoms with Crippen LogP contribution in [0.3, 0.4) is 0 Å². The Kier molecular flexibility index (Phi) is 6.95. The van der Waals surface area contributed by atoms with E-state index in [1.807, 2.05) is 67.6 Å². The van der Waals surface area contributed by atoms with Crippen LogP contribution in [0.1, 0.15) is 28.2 Å². The van der Waals surface area contributed by atoms with Gasteiger partial charge in [0.1, 0.15) is 5.75 Å². The van der Waals surface area contributed by atoms with Crippen LogP contribution in [0.4, 0.5) is 0 Å². The van der Waals surface area contributed by atoms with Gasteiger partial charge in [-0.25, -0.2) is 5.43 Å². The number of aryl methyl sites for hydroxylation is 1. The first-order valence-corrected chi connectivity index (χ1v) is 9.53. The van der Waals surface area contributed by atoms with E-state index in [9.17, 15) is 14.7 Å². The van der Waals surface area contributed by atoms with Crippen molar-refractivity contribution in [3.63, 3.8) is 0 Å². The van der Waals surface area contributed by atoms with Crippen molar-refractivity contribution in [2.75, 3.05) is 6.54 Å². The Hall–Kier alpha value is -3.93. The molecule has 3 N–H and O–H groups in total. The minimum absolute atomic E-state index is 0.0699. The maximum atomic E-state index is 12.9. The molecule has 0 atom stereocenters. The summed E-state index contributed by atoms with van der Waals surface area (Å²) in [5.74, 6) is -1.19. The van der Waals surface area contributed by atoms with Crippen molar-refractivity contribution in [3.8, 4) is 5.75 Å². The molecule has 0 saturated carbocycles. The van der Waals surface area contributed by atoms with Crippen molar-refractivity contribution in [2.24, 2.45) is 5.10 Å². The molecule has 0 saturated heterocycles. The quantitative estimate of drug-likeness (QED) is 0.420. The zero-order valence-corrected chi connectivity index (χ0v) is 16.6. The molecule has 3 aromatic rings. The lowest BCUT2D eigenvalue weighted by molar-refractivity contribution is -0.126. The van der Waals surface area contributed by atoms with Gasteiger partial charge in [-0.05, 0) is 30.2 Å². The number of aromatic hydroxyl groups is 1. The zero-order valence-electron chi connectivity index (χ0n) is 16.6. The van der Waals surface area contributed by atoms with Crippen molar-refractivity contribution in [2.45, 2.75) is 12.8 Å². The van der Waals surface area contributed by atoms with E-state index in [1.54, 1.807) is 18.2 Å². The Morgan fingerprint density at radius 2 is 1.57 bits per heavy atom. The molecule has 0 aliphatic rings. The van der Waals surface area contributed by atoms with E-state index in [-0.39, 0.29) is 18.2 Å². The molecule has 30 heavy (non-hydrogen) atoms. The number of hydrogen-bond donors (Lipinski definition) is 3. The number of hydrogen-bond acceptors (Lipinski definition) is 4. The van der Waals surface area contributed by atoms with E-state index in [4.69, 9.17) is 0 Å². The van der Waals surface area contributed by atoms with Gasteiger partial charge in [-0.2, -0.15) is 5.10 Å². The van der Waals surface area contributed by atoms with Crippen LogP contribution in [0.5, 0.6) is 5.75 Å². The summed E-state index contributed by atoms with van der Waals surface area (Å²) in [5, 5.41) is 16.3. The molecule has 0 spiro atoms. The van der Waals surface area contributed by atoms with Gasteiger partial charge in [0, 0.05) is 5.56 Å². The van der Waals surface area contributed by atoms with Gasteiger partial charge in [0.15, 0.2) is 0 Å². The molecule has 0 unspecified atom stereocenters. The number of nitrogens with one attached hydrogen (secondary N) is 2. The lowest BCUT2D eigenvalue weighted by atomic mass is 9.90. The number of amides is 2. The Bertz CT molecular complexity index is 995. The molecule has 6 nitrogen and oxygen atoms in total. The van der Waals surface area contributed by atoms with E-state index >= 15 is 0 Å². The second-order valence-electron chi connectivity index (χ2n) is 6.83. The highest BCUT2D eigenvalue weighted by molar-refractivity contribution is 5.91. The van der Waals surface area contributed by atoms with Gasteiger partial charge in [-0.3, -0.25) is 9.59 Å². The van der Waals surface area contributed by atoms with Crippen LogP contribution in [0.2, 0.25) is 0 Å². The van der Waals surface area contributed by atoms with Gasteiger partial charge in [0.05, 0.1) is 18.7 Å². The fourth-order valence-electron chi connectivity index (χ4n) is 3.05. The number of phenolic OH excluding ortho intramolecular Hbond substituents is 1. The molecular weight excluding hydrogens is 378 g/mol. The van der Waals surface area contributed by atoms with Crippen LogP contribution in [-0.4, -0.2) is 29.7 Å². The molecule has 152 valence electrons. The lowest BCUT2D eigenvalue weighted by Crippen LogP contribution is -2.37. The molecular formula is C24H23N3O3. The molecule has 0 bridgehead atoms. The third-order valence-corrected chi connectivity index (χ3v) is 4.53. The number of rotatable bonds is 7. The molecule has 0 aliphatic carbocycles. The summed E-state index contributed by atoms with van der Waals surface area (Å²) >= 11 is 0. The average Bonchev–Trinajstić information content (AvgIpc) is 2.76. The molecule has 3 aromatic carbocycles. The number of hydrazone groups is 1. The summed E-state index contributed by atoms with van der Waals surface area (Å²) in [6.45, 7) is 1.67. The monoisotopic (exact) mass is 401 g/mol. The van der Waals surface area contributed by atoms with E-state index in [0.717, 1.165) is 16.7 Å². The Labute approximate surface area is 175 Å². The number of carbonyl (C=O) groups excluding carboxylic acids is 2. The summed E-state index contributed by atoms with van der Waals surface area (Å²) in [6.07, 6.45) is 1.36. The third-order valence-electron chi connectivity index (χ3n) is 4.53. The molecule has 2 amide bonds. The van der Waals surface area contributed by atoms with Crippen LogP contribution in [0.15, 0.2) is 84.0 Å². The van der Waals surface area contributed by atoms with Crippen LogP contribution in [0.25, 0.3) is 0 Å². The molecule has 0 fully saturated rings. The van der Waals surface area contributed by atoms with Gasteiger partial charge in [-0.15, -0.1) is 0 Å². The van der Waals surface area contributed by atoms with Crippen LogP contribution < -0.4 is 10.7 Å². The van der Waals surface area contributed by atoms with Crippen molar-refractivity contribution < 1.29 is 14.7 Å².